The zero-order chi connectivity index (χ0) is 10.2. The fourth-order valence-electron chi connectivity index (χ4n) is 4.14. The van der Waals surface area contributed by atoms with Gasteiger partial charge in [0.2, 0.25) is 0 Å². The molecule has 2 fully saturated rings. The van der Waals surface area contributed by atoms with Crippen LogP contribution >= 0.6 is 6.60 Å². The molecule has 2 aliphatic rings. The van der Waals surface area contributed by atoms with E-state index in [-0.39, 0.29) is 0 Å². The van der Waals surface area contributed by atoms with Crippen molar-refractivity contribution >= 4 is 11.9 Å². The molecular formula is C14H21P. The first kappa shape index (κ1) is 9.85. The van der Waals surface area contributed by atoms with E-state index in [0.717, 1.165) is 0 Å². The molecule has 0 nitrogen and oxygen atoms in total. The molecule has 2 saturated heterocycles. The molecule has 82 valence electrons. The van der Waals surface area contributed by atoms with Gasteiger partial charge in [0, 0.05) is 0 Å². The summed E-state index contributed by atoms with van der Waals surface area (Å²) >= 11 is 0. The minimum atomic E-state index is -1.37. The van der Waals surface area contributed by atoms with Gasteiger partial charge in [0.15, 0.2) is 0 Å². The monoisotopic (exact) mass is 220 g/mol. The normalized spacial score (nSPS) is 30.0. The topological polar surface area (TPSA) is 0 Å². The van der Waals surface area contributed by atoms with Crippen molar-refractivity contribution in [1.82, 2.24) is 0 Å². The number of benzene rings is 1. The van der Waals surface area contributed by atoms with Crippen LogP contribution in [0.25, 0.3) is 0 Å². The molecule has 0 bridgehead atoms. The summed E-state index contributed by atoms with van der Waals surface area (Å²) in [5, 5.41) is 1.78. The molecule has 0 unspecified atom stereocenters. The van der Waals surface area contributed by atoms with Gasteiger partial charge in [-0.05, 0) is 0 Å². The van der Waals surface area contributed by atoms with E-state index in [1.807, 2.05) is 0 Å². The van der Waals surface area contributed by atoms with Crippen LogP contribution in [0.3, 0.4) is 0 Å². The zero-order valence-corrected chi connectivity index (χ0v) is 10.4. The van der Waals surface area contributed by atoms with Crippen LogP contribution in [0, 0.1) is 0 Å². The van der Waals surface area contributed by atoms with Crippen molar-refractivity contribution in [3.63, 3.8) is 0 Å². The van der Waals surface area contributed by atoms with Crippen molar-refractivity contribution in [2.24, 2.45) is 0 Å². The SMILES string of the molecule is c1ccc(P23(CCCC2)CCCC3)cc1. The second kappa shape index (κ2) is 3.32. The molecular weight excluding hydrogens is 199 g/mol. The van der Waals surface area contributed by atoms with E-state index in [0.29, 0.717) is 0 Å². The van der Waals surface area contributed by atoms with E-state index < -0.39 is 6.60 Å². The molecule has 0 aliphatic carbocycles. The van der Waals surface area contributed by atoms with Crippen molar-refractivity contribution in [3.8, 4) is 0 Å². The first-order valence-corrected chi connectivity index (χ1v) is 9.38. The van der Waals surface area contributed by atoms with Crippen LogP contribution in [0.2, 0.25) is 0 Å². The molecule has 2 aliphatic heterocycles. The summed E-state index contributed by atoms with van der Waals surface area (Å²) in [5.41, 5.74) is 0. The van der Waals surface area contributed by atoms with E-state index >= 15 is 0 Å². The third kappa shape index (κ3) is 1.31. The van der Waals surface area contributed by atoms with Gasteiger partial charge in [0.25, 0.3) is 0 Å². The van der Waals surface area contributed by atoms with Crippen molar-refractivity contribution in [2.75, 3.05) is 24.6 Å². The second-order valence-electron chi connectivity index (χ2n) is 5.62. The van der Waals surface area contributed by atoms with Crippen LogP contribution in [0.1, 0.15) is 25.7 Å². The maximum atomic E-state index is 2.44. The molecule has 15 heavy (non-hydrogen) atoms. The standard InChI is InChI=1S/C14H21P/c1-2-8-14(9-3-1)15(10-4-5-11-15)12-6-7-13-15/h1-3,8-9H,4-7,10-13H2. The van der Waals surface area contributed by atoms with E-state index in [1.165, 1.54) is 25.7 Å². The summed E-state index contributed by atoms with van der Waals surface area (Å²) in [4.78, 5) is 0. The quantitative estimate of drug-likeness (QED) is 0.636. The molecule has 2 heterocycles. The van der Waals surface area contributed by atoms with Gasteiger partial charge in [0.05, 0.1) is 0 Å². The minimum absolute atomic E-state index is 1.37. The van der Waals surface area contributed by atoms with Crippen molar-refractivity contribution in [3.05, 3.63) is 30.3 Å². The van der Waals surface area contributed by atoms with Crippen LogP contribution in [0.5, 0.6) is 0 Å². The van der Waals surface area contributed by atoms with Gasteiger partial charge in [0.1, 0.15) is 0 Å². The van der Waals surface area contributed by atoms with Gasteiger partial charge in [-0.3, -0.25) is 0 Å². The molecule has 0 saturated carbocycles. The Kier molecular flexibility index (Phi) is 2.18. The van der Waals surface area contributed by atoms with E-state index in [9.17, 15) is 0 Å². The fraction of sp³-hybridized carbons (Fsp3) is 0.571. The van der Waals surface area contributed by atoms with Crippen LogP contribution in [-0.4, -0.2) is 24.6 Å². The molecule has 1 spiro atoms. The Morgan fingerprint density at radius 1 is 0.667 bits per heavy atom. The molecule has 0 atom stereocenters. The molecule has 0 aromatic heterocycles. The average Bonchev–Trinajstić information content (AvgIpc) is 2.92. The molecule has 1 aromatic carbocycles. The van der Waals surface area contributed by atoms with Crippen LogP contribution < -0.4 is 5.30 Å². The van der Waals surface area contributed by atoms with Gasteiger partial charge >= 0.3 is 92.6 Å². The number of hydrogen-bond donors (Lipinski definition) is 0. The van der Waals surface area contributed by atoms with E-state index in [1.54, 1.807) is 30.0 Å². The summed E-state index contributed by atoms with van der Waals surface area (Å²) in [7, 11) is 0. The average molecular weight is 220 g/mol. The van der Waals surface area contributed by atoms with Crippen LogP contribution in [0.15, 0.2) is 30.3 Å². The summed E-state index contributed by atoms with van der Waals surface area (Å²) in [5.74, 6) is 0. The summed E-state index contributed by atoms with van der Waals surface area (Å²) in [6.45, 7) is -1.37. The third-order valence-corrected chi connectivity index (χ3v) is 12.7. The molecule has 1 heteroatoms. The Hall–Kier alpha value is -0.350. The van der Waals surface area contributed by atoms with Gasteiger partial charge in [-0.15, -0.1) is 0 Å². The molecule has 3 rings (SSSR count). The fourth-order valence-corrected chi connectivity index (χ4v) is 11.7. The Bertz CT molecular complexity index is 319. The second-order valence-corrected chi connectivity index (χ2v) is 11.9. The van der Waals surface area contributed by atoms with E-state index in [4.69, 9.17) is 0 Å². The van der Waals surface area contributed by atoms with Gasteiger partial charge < -0.3 is 0 Å². The zero-order valence-electron chi connectivity index (χ0n) is 9.49. The molecule has 0 radical (unpaired) electrons. The third-order valence-electron chi connectivity index (χ3n) is 4.96. The predicted molar refractivity (Wildman–Crippen MR) is 70.9 cm³/mol. The number of rotatable bonds is 1. The van der Waals surface area contributed by atoms with Gasteiger partial charge in [-0.1, -0.05) is 0 Å². The van der Waals surface area contributed by atoms with Crippen LogP contribution in [-0.2, 0) is 0 Å². The first-order valence-electron chi connectivity index (χ1n) is 6.40. The number of hydrogen-bond acceptors (Lipinski definition) is 0. The molecule has 0 amide bonds. The van der Waals surface area contributed by atoms with Gasteiger partial charge in [-0.25, -0.2) is 0 Å². The molecule has 0 N–H and O–H groups in total. The Labute approximate surface area is 93.0 Å². The van der Waals surface area contributed by atoms with Crippen molar-refractivity contribution in [1.29, 1.82) is 0 Å². The first-order chi connectivity index (χ1) is 7.34. The summed E-state index contributed by atoms with van der Waals surface area (Å²) in [6.07, 6.45) is 12.3. The van der Waals surface area contributed by atoms with Crippen molar-refractivity contribution in [2.45, 2.75) is 25.7 Å². The Balaban J connectivity index is 2.12. The molecule has 1 aromatic rings. The van der Waals surface area contributed by atoms with Crippen LogP contribution in [0.4, 0.5) is 0 Å². The summed E-state index contributed by atoms with van der Waals surface area (Å²) in [6, 6.07) is 11.6. The Morgan fingerprint density at radius 3 is 1.60 bits per heavy atom. The predicted octanol–water partition coefficient (Wildman–Crippen LogP) is 3.45. The van der Waals surface area contributed by atoms with Crippen molar-refractivity contribution < 1.29 is 0 Å². The summed E-state index contributed by atoms with van der Waals surface area (Å²) < 4.78 is 0. The Morgan fingerprint density at radius 2 is 1.13 bits per heavy atom. The van der Waals surface area contributed by atoms with E-state index in [2.05, 4.69) is 30.3 Å². The van der Waals surface area contributed by atoms with Gasteiger partial charge in [-0.2, -0.15) is 0 Å². The maximum absolute atomic E-state index is 2.44.